The maximum absolute atomic E-state index is 5.91. The smallest absolute Gasteiger partial charge is 0.193 e. The first-order chi connectivity index (χ1) is 11.0. The van der Waals surface area contributed by atoms with E-state index in [-0.39, 0.29) is 30.1 Å². The summed E-state index contributed by atoms with van der Waals surface area (Å²) in [6.07, 6.45) is 0.912. The zero-order chi connectivity index (χ0) is 16.8. The van der Waals surface area contributed by atoms with E-state index in [2.05, 4.69) is 15.5 Å². The Morgan fingerprint density at radius 3 is 2.50 bits per heavy atom. The van der Waals surface area contributed by atoms with Gasteiger partial charge >= 0.3 is 0 Å². The lowest BCUT2D eigenvalue weighted by Crippen LogP contribution is -2.23. The van der Waals surface area contributed by atoms with E-state index in [0.717, 1.165) is 34.9 Å². The average molecular weight is 444 g/mol. The number of hydrogen-bond donors (Lipinski definition) is 2. The molecule has 7 heteroatoms. The Labute approximate surface area is 159 Å². The summed E-state index contributed by atoms with van der Waals surface area (Å²) in [6.45, 7) is 8.40. The van der Waals surface area contributed by atoms with E-state index >= 15 is 0 Å². The summed E-state index contributed by atoms with van der Waals surface area (Å²) in [5.74, 6) is 2.05. The van der Waals surface area contributed by atoms with E-state index in [1.54, 1.807) is 0 Å². The first kappa shape index (κ1) is 20.3. The molecule has 0 spiro atoms. The van der Waals surface area contributed by atoms with Crippen LogP contribution in [-0.2, 0) is 6.42 Å². The van der Waals surface area contributed by atoms with E-state index in [1.807, 2.05) is 52.0 Å². The van der Waals surface area contributed by atoms with Crippen molar-refractivity contribution in [1.29, 1.82) is 0 Å². The minimum atomic E-state index is 0. The molecule has 3 N–H and O–H groups in total. The molecule has 0 aliphatic rings. The number of nitrogens with two attached hydrogens (primary N) is 1. The van der Waals surface area contributed by atoms with E-state index in [9.17, 15) is 0 Å². The van der Waals surface area contributed by atoms with Crippen molar-refractivity contribution in [2.45, 2.75) is 40.2 Å². The minimum absolute atomic E-state index is 0. The Morgan fingerprint density at radius 1 is 1.29 bits per heavy atom. The third-order valence-electron chi connectivity index (χ3n) is 3.32. The Morgan fingerprint density at radius 2 is 1.96 bits per heavy atom. The number of anilines is 1. The van der Waals surface area contributed by atoms with E-state index in [1.165, 1.54) is 0 Å². The number of rotatable bonds is 6. The minimum Gasteiger partial charge on any atom is -0.491 e. The van der Waals surface area contributed by atoms with Crippen molar-refractivity contribution in [3.8, 4) is 5.75 Å². The van der Waals surface area contributed by atoms with Gasteiger partial charge in [0.25, 0.3) is 0 Å². The molecular formula is C17H25IN4O2. The molecule has 0 saturated heterocycles. The van der Waals surface area contributed by atoms with Crippen LogP contribution < -0.4 is 15.8 Å². The summed E-state index contributed by atoms with van der Waals surface area (Å²) >= 11 is 0. The second-order valence-corrected chi connectivity index (χ2v) is 5.64. The molecule has 0 saturated carbocycles. The second kappa shape index (κ2) is 9.51. The van der Waals surface area contributed by atoms with Gasteiger partial charge in [0.05, 0.1) is 11.8 Å². The third kappa shape index (κ3) is 6.03. The first-order valence-electron chi connectivity index (χ1n) is 7.71. The van der Waals surface area contributed by atoms with Crippen molar-refractivity contribution >= 4 is 35.6 Å². The molecular weight excluding hydrogens is 419 g/mol. The molecule has 0 amide bonds. The highest BCUT2D eigenvalue weighted by Crippen LogP contribution is 2.17. The maximum atomic E-state index is 5.91. The number of guanidine groups is 1. The van der Waals surface area contributed by atoms with Crippen molar-refractivity contribution in [2.24, 2.45) is 10.7 Å². The van der Waals surface area contributed by atoms with Gasteiger partial charge in [-0.25, -0.2) is 0 Å². The average Bonchev–Trinajstić information content (AvgIpc) is 2.80. The van der Waals surface area contributed by atoms with Gasteiger partial charge in [-0.05, 0) is 58.4 Å². The molecule has 6 nitrogen and oxygen atoms in total. The number of aromatic nitrogens is 1. The molecule has 0 unspecified atom stereocenters. The quantitative estimate of drug-likeness (QED) is 0.404. The summed E-state index contributed by atoms with van der Waals surface area (Å²) in [6, 6.07) is 7.63. The lowest BCUT2D eigenvalue weighted by Gasteiger charge is -2.10. The number of ether oxygens (including phenoxy) is 1. The molecule has 0 aliphatic heterocycles. The summed E-state index contributed by atoms with van der Waals surface area (Å²) in [7, 11) is 0. The highest BCUT2D eigenvalue weighted by atomic mass is 127. The van der Waals surface area contributed by atoms with E-state index in [0.29, 0.717) is 12.5 Å². The van der Waals surface area contributed by atoms with Crippen molar-refractivity contribution in [3.63, 3.8) is 0 Å². The van der Waals surface area contributed by atoms with Crippen molar-refractivity contribution in [2.75, 3.05) is 11.9 Å². The van der Waals surface area contributed by atoms with E-state index < -0.39 is 0 Å². The molecule has 1 aromatic heterocycles. The summed E-state index contributed by atoms with van der Waals surface area (Å²) in [4.78, 5) is 4.33. The maximum Gasteiger partial charge on any atom is 0.193 e. The first-order valence-corrected chi connectivity index (χ1v) is 7.71. The van der Waals surface area contributed by atoms with Crippen LogP contribution in [0.3, 0.4) is 0 Å². The molecule has 1 heterocycles. The molecule has 1 aromatic carbocycles. The van der Waals surface area contributed by atoms with Gasteiger partial charge in [-0.1, -0.05) is 5.16 Å². The Bertz CT molecular complexity index is 646. The molecule has 132 valence electrons. The van der Waals surface area contributed by atoms with Crippen LogP contribution >= 0.6 is 24.0 Å². The molecule has 0 bridgehead atoms. The largest absolute Gasteiger partial charge is 0.491 e. The van der Waals surface area contributed by atoms with Gasteiger partial charge in [0.15, 0.2) is 5.96 Å². The van der Waals surface area contributed by atoms with Gasteiger partial charge in [-0.15, -0.1) is 24.0 Å². The van der Waals surface area contributed by atoms with E-state index in [4.69, 9.17) is 15.0 Å². The van der Waals surface area contributed by atoms with Crippen LogP contribution in [0.1, 0.15) is 30.9 Å². The molecule has 0 radical (unpaired) electrons. The standard InChI is InChI=1S/C17H24N4O2.HI/c1-11(2)22-15-7-5-14(6-8-15)20-17(18)19-10-9-16-12(3)21-23-13(16)4;/h5-8,11H,9-10H2,1-4H3,(H3,18,19,20);1H. The van der Waals surface area contributed by atoms with Gasteiger partial charge in [0.1, 0.15) is 11.5 Å². The van der Waals surface area contributed by atoms with Crippen LogP contribution in [0.5, 0.6) is 5.75 Å². The molecule has 0 atom stereocenters. The van der Waals surface area contributed by atoms with Gasteiger partial charge in [0.2, 0.25) is 0 Å². The third-order valence-corrected chi connectivity index (χ3v) is 3.32. The monoisotopic (exact) mass is 444 g/mol. The number of hydrogen-bond acceptors (Lipinski definition) is 4. The van der Waals surface area contributed by atoms with Crippen molar-refractivity contribution in [3.05, 3.63) is 41.3 Å². The Hall–Kier alpha value is -1.77. The predicted molar refractivity (Wildman–Crippen MR) is 107 cm³/mol. The predicted octanol–water partition coefficient (Wildman–Crippen LogP) is 3.67. The van der Waals surface area contributed by atoms with Crippen LogP contribution in [0.4, 0.5) is 5.69 Å². The lowest BCUT2D eigenvalue weighted by molar-refractivity contribution is 0.242. The van der Waals surface area contributed by atoms with Crippen LogP contribution in [0.2, 0.25) is 0 Å². The topological polar surface area (TPSA) is 85.7 Å². The normalized spacial score (nSPS) is 11.3. The molecule has 0 fully saturated rings. The van der Waals surface area contributed by atoms with Crippen LogP contribution in [0.25, 0.3) is 0 Å². The molecule has 2 rings (SSSR count). The molecule has 2 aromatic rings. The highest BCUT2D eigenvalue weighted by molar-refractivity contribution is 14.0. The number of halogens is 1. The zero-order valence-electron chi connectivity index (χ0n) is 14.5. The SMILES string of the molecule is Cc1noc(C)c1CCN=C(N)Nc1ccc(OC(C)C)cc1.I. The molecule has 24 heavy (non-hydrogen) atoms. The van der Waals surface area contributed by atoms with Gasteiger partial charge in [-0.3, -0.25) is 4.99 Å². The fraction of sp³-hybridized carbons (Fsp3) is 0.412. The fourth-order valence-corrected chi connectivity index (χ4v) is 2.22. The number of aliphatic imine (C=N–C) groups is 1. The van der Waals surface area contributed by atoms with Gasteiger partial charge in [0, 0.05) is 17.8 Å². The van der Waals surface area contributed by atoms with Crippen LogP contribution in [0.15, 0.2) is 33.8 Å². The van der Waals surface area contributed by atoms with Gasteiger partial charge < -0.3 is 20.3 Å². The highest BCUT2D eigenvalue weighted by Gasteiger charge is 2.07. The summed E-state index contributed by atoms with van der Waals surface area (Å²) in [5.41, 5.74) is 8.78. The summed E-state index contributed by atoms with van der Waals surface area (Å²) < 4.78 is 10.7. The molecule has 0 aliphatic carbocycles. The Kier molecular flexibility index (Phi) is 8.03. The van der Waals surface area contributed by atoms with Gasteiger partial charge in [-0.2, -0.15) is 0 Å². The number of benzene rings is 1. The number of aryl methyl sites for hydroxylation is 2. The van der Waals surface area contributed by atoms with Crippen LogP contribution in [-0.4, -0.2) is 23.8 Å². The van der Waals surface area contributed by atoms with Crippen molar-refractivity contribution in [1.82, 2.24) is 5.16 Å². The second-order valence-electron chi connectivity index (χ2n) is 5.64. The number of nitrogens with zero attached hydrogens (tertiary/aromatic N) is 2. The van der Waals surface area contributed by atoms with Crippen LogP contribution in [0, 0.1) is 13.8 Å². The number of nitrogens with one attached hydrogen (secondary N) is 1. The fourth-order valence-electron chi connectivity index (χ4n) is 2.22. The Balaban J connectivity index is 0.00000288. The zero-order valence-corrected chi connectivity index (χ0v) is 16.8. The van der Waals surface area contributed by atoms with Crippen molar-refractivity contribution < 1.29 is 9.26 Å². The summed E-state index contributed by atoms with van der Waals surface area (Å²) in [5, 5.41) is 6.99. The lowest BCUT2D eigenvalue weighted by atomic mass is 10.1.